The van der Waals surface area contributed by atoms with Gasteiger partial charge in [-0.15, -0.1) is 0 Å². The predicted molar refractivity (Wildman–Crippen MR) is 92.9 cm³/mol. The van der Waals surface area contributed by atoms with Crippen LogP contribution in [0.4, 0.5) is 10.1 Å². The van der Waals surface area contributed by atoms with E-state index in [9.17, 15) is 14.2 Å². The Morgan fingerprint density at radius 2 is 2.16 bits per heavy atom. The molecule has 2 N–H and O–H groups in total. The van der Waals surface area contributed by atoms with Gasteiger partial charge in [-0.1, -0.05) is 18.2 Å². The third kappa shape index (κ3) is 2.99. The number of nitrogens with zero attached hydrogens (tertiary/aromatic N) is 1. The molecule has 0 unspecified atom stereocenters. The number of benzene rings is 2. The molecular weight excluding hydrogens is 322 g/mol. The van der Waals surface area contributed by atoms with E-state index < -0.39 is 12.9 Å². The summed E-state index contributed by atoms with van der Waals surface area (Å²) in [4.78, 5) is 16.3. The van der Waals surface area contributed by atoms with Crippen LogP contribution in [0.1, 0.15) is 11.1 Å². The smallest absolute Gasteiger partial charge is 0.423 e. The molecule has 0 spiro atoms. The lowest BCUT2D eigenvalue weighted by molar-refractivity contribution is -0.115. The average Bonchev–Trinajstić information content (AvgIpc) is 2.99. The van der Waals surface area contributed by atoms with E-state index in [0.717, 1.165) is 10.8 Å². The van der Waals surface area contributed by atoms with Crippen LogP contribution in [0.3, 0.4) is 0 Å². The molecule has 0 saturated heterocycles. The number of amides is 1. The first-order chi connectivity index (χ1) is 12.1. The van der Waals surface area contributed by atoms with Crippen molar-refractivity contribution in [2.45, 2.75) is 13.0 Å². The monoisotopic (exact) mass is 336 g/mol. The highest BCUT2D eigenvalue weighted by Gasteiger charge is 2.32. The second-order valence-electron chi connectivity index (χ2n) is 5.94. The normalized spacial score (nSPS) is 13.1. The van der Waals surface area contributed by atoms with Crippen LogP contribution in [0, 0.1) is 5.82 Å². The highest BCUT2D eigenvalue weighted by molar-refractivity contribution is 6.61. The number of pyridine rings is 1. The van der Waals surface area contributed by atoms with Crippen molar-refractivity contribution in [3.63, 3.8) is 0 Å². The number of anilines is 1. The number of aromatic nitrogens is 1. The molecule has 1 aromatic heterocycles. The maximum atomic E-state index is 14.5. The minimum absolute atomic E-state index is 0.125. The summed E-state index contributed by atoms with van der Waals surface area (Å²) < 4.78 is 19.5. The number of halogens is 1. The highest BCUT2D eigenvalue weighted by Crippen LogP contribution is 2.19. The quantitative estimate of drug-likeness (QED) is 0.715. The van der Waals surface area contributed by atoms with Gasteiger partial charge in [-0.25, -0.2) is 4.39 Å². The largest absolute Gasteiger partial charge is 0.494 e. The van der Waals surface area contributed by atoms with Gasteiger partial charge in [0, 0.05) is 28.9 Å². The van der Waals surface area contributed by atoms with Gasteiger partial charge in [0.1, 0.15) is 5.82 Å². The molecule has 5 nitrogen and oxygen atoms in total. The number of hydrogen-bond donors (Lipinski definition) is 2. The number of carbonyl (C=O) groups excluding carboxylic acids is 1. The summed E-state index contributed by atoms with van der Waals surface area (Å²) in [5.41, 5.74) is 1.60. The molecule has 1 amide bonds. The molecule has 2 heterocycles. The van der Waals surface area contributed by atoms with Crippen molar-refractivity contribution in [3.8, 4) is 0 Å². The first-order valence-electron chi connectivity index (χ1n) is 7.85. The zero-order chi connectivity index (χ0) is 17.4. The molecular formula is C18H14BFN2O3. The van der Waals surface area contributed by atoms with Crippen molar-refractivity contribution in [2.24, 2.45) is 0 Å². The fourth-order valence-electron chi connectivity index (χ4n) is 3.00. The van der Waals surface area contributed by atoms with Gasteiger partial charge in [-0.2, -0.15) is 0 Å². The van der Waals surface area contributed by atoms with Gasteiger partial charge in [0.2, 0.25) is 5.91 Å². The molecule has 25 heavy (non-hydrogen) atoms. The third-order valence-electron chi connectivity index (χ3n) is 4.27. The molecule has 0 saturated carbocycles. The van der Waals surface area contributed by atoms with E-state index in [1.165, 1.54) is 0 Å². The molecule has 1 aliphatic rings. The zero-order valence-corrected chi connectivity index (χ0v) is 13.2. The maximum Gasteiger partial charge on any atom is 0.494 e. The molecule has 124 valence electrons. The van der Waals surface area contributed by atoms with Crippen LogP contribution in [0.5, 0.6) is 0 Å². The van der Waals surface area contributed by atoms with E-state index >= 15 is 0 Å². The molecule has 3 aromatic rings. The molecule has 7 heteroatoms. The van der Waals surface area contributed by atoms with Crippen molar-refractivity contribution in [1.29, 1.82) is 0 Å². The summed E-state index contributed by atoms with van der Waals surface area (Å²) in [5, 5.41) is 14.4. The van der Waals surface area contributed by atoms with Gasteiger partial charge >= 0.3 is 7.12 Å². The Hall–Kier alpha value is -2.77. The molecule has 1 aliphatic heterocycles. The summed E-state index contributed by atoms with van der Waals surface area (Å²) in [7, 11) is -1.27. The van der Waals surface area contributed by atoms with Crippen LogP contribution >= 0.6 is 0 Å². The van der Waals surface area contributed by atoms with Crippen molar-refractivity contribution < 1.29 is 18.9 Å². The van der Waals surface area contributed by atoms with Crippen LogP contribution in [-0.2, 0) is 22.5 Å². The lowest BCUT2D eigenvalue weighted by Crippen LogP contribution is -2.32. The number of nitrogens with one attached hydrogen (secondary N) is 1. The number of carbonyl (C=O) groups is 1. The van der Waals surface area contributed by atoms with E-state index in [-0.39, 0.29) is 30.0 Å². The molecule has 0 radical (unpaired) electrons. The number of fused-ring (bicyclic) bond motifs is 2. The first kappa shape index (κ1) is 15.7. The highest BCUT2D eigenvalue weighted by atomic mass is 19.1. The second-order valence-corrected chi connectivity index (χ2v) is 5.94. The Morgan fingerprint density at radius 3 is 3.04 bits per heavy atom. The minimum atomic E-state index is -1.27. The summed E-state index contributed by atoms with van der Waals surface area (Å²) in [6.45, 7) is 0.172. The maximum absolute atomic E-state index is 14.5. The van der Waals surface area contributed by atoms with E-state index in [1.807, 2.05) is 18.2 Å². The second kappa shape index (κ2) is 6.27. The van der Waals surface area contributed by atoms with Crippen LogP contribution in [-0.4, -0.2) is 23.0 Å². The molecule has 4 rings (SSSR count). The molecule has 0 bridgehead atoms. The lowest BCUT2D eigenvalue weighted by atomic mass is 9.78. The Bertz CT molecular complexity index is 980. The van der Waals surface area contributed by atoms with Gasteiger partial charge < -0.3 is 15.0 Å². The van der Waals surface area contributed by atoms with E-state index in [0.29, 0.717) is 11.3 Å². The third-order valence-corrected chi connectivity index (χ3v) is 4.27. The summed E-state index contributed by atoms with van der Waals surface area (Å²) >= 11 is 0. The topological polar surface area (TPSA) is 71.5 Å². The zero-order valence-electron chi connectivity index (χ0n) is 13.2. The van der Waals surface area contributed by atoms with Gasteiger partial charge in [-0.05, 0) is 34.7 Å². The lowest BCUT2D eigenvalue weighted by Gasteiger charge is -2.09. The Balaban J connectivity index is 1.53. The average molecular weight is 336 g/mol. The van der Waals surface area contributed by atoms with Crippen molar-refractivity contribution >= 4 is 34.9 Å². The summed E-state index contributed by atoms with van der Waals surface area (Å²) in [6.07, 6.45) is 3.30. The van der Waals surface area contributed by atoms with Crippen molar-refractivity contribution in [2.75, 3.05) is 5.32 Å². The summed E-state index contributed by atoms with van der Waals surface area (Å²) in [6, 6.07) is 10.6. The first-order valence-corrected chi connectivity index (χ1v) is 7.85. The van der Waals surface area contributed by atoms with Gasteiger partial charge in [-0.3, -0.25) is 9.78 Å². The van der Waals surface area contributed by atoms with Crippen LogP contribution in [0.15, 0.2) is 48.8 Å². The van der Waals surface area contributed by atoms with E-state index in [4.69, 9.17) is 4.65 Å². The van der Waals surface area contributed by atoms with Gasteiger partial charge in [0.05, 0.1) is 13.0 Å². The molecule has 0 atom stereocenters. The minimum Gasteiger partial charge on any atom is -0.423 e. The molecule has 2 aromatic carbocycles. The SMILES string of the molecule is O=C(Cc1ccc2c(c1F)B(O)OC2)Nc1ccc2cnccc2c1. The van der Waals surface area contributed by atoms with Gasteiger partial charge in [0.15, 0.2) is 0 Å². The standard InChI is InChI=1S/C18H14BFN2O3/c20-18-12(1-2-14-10-25-19(24)17(14)18)8-16(23)22-15-4-3-13-9-21-6-5-11(13)7-15/h1-7,9,24H,8,10H2,(H,22,23). The van der Waals surface area contributed by atoms with E-state index in [2.05, 4.69) is 10.3 Å². The predicted octanol–water partition coefficient (Wildman–Crippen LogP) is 1.77. The fourth-order valence-corrected chi connectivity index (χ4v) is 3.00. The van der Waals surface area contributed by atoms with Crippen molar-refractivity contribution in [1.82, 2.24) is 4.98 Å². The van der Waals surface area contributed by atoms with Crippen LogP contribution < -0.4 is 10.8 Å². The Labute approximate surface area is 143 Å². The van der Waals surface area contributed by atoms with Crippen LogP contribution in [0.25, 0.3) is 10.8 Å². The number of hydrogen-bond acceptors (Lipinski definition) is 4. The van der Waals surface area contributed by atoms with Crippen LogP contribution in [0.2, 0.25) is 0 Å². The van der Waals surface area contributed by atoms with E-state index in [1.54, 1.807) is 30.6 Å². The summed E-state index contributed by atoms with van der Waals surface area (Å²) in [5.74, 6) is -0.914. The number of rotatable bonds is 3. The Morgan fingerprint density at radius 1 is 1.28 bits per heavy atom. The fraction of sp³-hybridized carbons (Fsp3) is 0.111. The molecule has 0 fully saturated rings. The molecule has 0 aliphatic carbocycles. The van der Waals surface area contributed by atoms with Crippen molar-refractivity contribution in [3.05, 3.63) is 65.7 Å². The van der Waals surface area contributed by atoms with Gasteiger partial charge in [0.25, 0.3) is 0 Å². The Kier molecular flexibility index (Phi) is 3.95.